The largest absolute Gasteiger partial charge is 0.305 e. The van der Waals surface area contributed by atoms with Crippen LogP contribution < -0.4 is 5.32 Å². The highest BCUT2D eigenvalue weighted by molar-refractivity contribution is 5.66. The number of aromatic nitrogens is 2. The van der Waals surface area contributed by atoms with E-state index in [1.807, 2.05) is 0 Å². The normalized spacial score (nSPS) is 23.5. The molecule has 1 fully saturated rings. The molecule has 2 unspecified atom stereocenters. The number of piperidine rings is 1. The zero-order valence-electron chi connectivity index (χ0n) is 12.2. The molecule has 0 amide bonds. The minimum atomic E-state index is -1.43. The van der Waals surface area contributed by atoms with E-state index in [-0.39, 0.29) is 6.04 Å². The van der Waals surface area contributed by atoms with Crippen LogP contribution in [0.5, 0.6) is 0 Å². The number of rotatable bonds is 1. The number of nitrogens with zero attached hydrogens (tertiary/aromatic N) is 2. The second-order valence-corrected chi connectivity index (χ2v) is 6.14. The van der Waals surface area contributed by atoms with Crippen molar-refractivity contribution in [2.45, 2.75) is 37.8 Å². The molecule has 1 aromatic carbocycles. The van der Waals surface area contributed by atoms with Gasteiger partial charge in [0.2, 0.25) is 0 Å². The minimum Gasteiger partial charge on any atom is -0.305 e. The maximum Gasteiger partial charge on any atom is 0.194 e. The van der Waals surface area contributed by atoms with Gasteiger partial charge in [0, 0.05) is 24.2 Å². The Kier molecular flexibility index (Phi) is 3.04. The standard InChI is InChI=1S/C16H16F3N3/c1-22-16(8-5-11(17)14(19)12(18)6-8)10-7-9-3-2-4-13(20-9)15(10)21-22/h5-6,9,13,20H,2-4,7H2,1H3. The number of benzene rings is 1. The predicted molar refractivity (Wildman–Crippen MR) is 75.7 cm³/mol. The van der Waals surface area contributed by atoms with Gasteiger partial charge in [0.15, 0.2) is 17.5 Å². The Hall–Kier alpha value is -1.82. The molecule has 0 radical (unpaired) electrons. The number of hydrogen-bond donors (Lipinski definition) is 1. The van der Waals surface area contributed by atoms with Crippen LogP contribution in [0.15, 0.2) is 12.1 Å². The monoisotopic (exact) mass is 307 g/mol. The molecule has 1 aromatic heterocycles. The zero-order chi connectivity index (χ0) is 15.4. The average Bonchev–Trinajstić information content (AvgIpc) is 2.81. The first kappa shape index (κ1) is 13.8. The summed E-state index contributed by atoms with van der Waals surface area (Å²) in [6.45, 7) is 0. The number of hydrogen-bond acceptors (Lipinski definition) is 2. The smallest absolute Gasteiger partial charge is 0.194 e. The van der Waals surface area contributed by atoms with Crippen LogP contribution in [0.3, 0.4) is 0 Å². The third-order valence-corrected chi connectivity index (χ3v) is 4.70. The molecular formula is C16H16F3N3. The van der Waals surface area contributed by atoms with E-state index in [0.29, 0.717) is 17.3 Å². The summed E-state index contributed by atoms with van der Waals surface area (Å²) in [7, 11) is 1.76. The van der Waals surface area contributed by atoms with Crippen LogP contribution in [0.25, 0.3) is 11.3 Å². The summed E-state index contributed by atoms with van der Waals surface area (Å²) in [4.78, 5) is 0. The fraction of sp³-hybridized carbons (Fsp3) is 0.438. The lowest BCUT2D eigenvalue weighted by atomic mass is 9.84. The van der Waals surface area contributed by atoms with Crippen molar-refractivity contribution in [3.8, 4) is 11.3 Å². The maximum atomic E-state index is 13.6. The Bertz CT molecular complexity index is 730. The molecule has 0 spiro atoms. The molecule has 1 saturated heterocycles. The first-order chi connectivity index (χ1) is 10.5. The van der Waals surface area contributed by atoms with Crippen molar-refractivity contribution < 1.29 is 13.2 Å². The van der Waals surface area contributed by atoms with E-state index in [9.17, 15) is 13.2 Å². The van der Waals surface area contributed by atoms with Crippen LogP contribution in [0.1, 0.15) is 36.6 Å². The van der Waals surface area contributed by atoms with Crippen LogP contribution >= 0.6 is 0 Å². The van der Waals surface area contributed by atoms with Crippen molar-refractivity contribution in [1.29, 1.82) is 0 Å². The van der Waals surface area contributed by atoms with Gasteiger partial charge in [0.25, 0.3) is 0 Å². The van der Waals surface area contributed by atoms with Crippen LogP contribution in [0.4, 0.5) is 13.2 Å². The molecule has 6 heteroatoms. The van der Waals surface area contributed by atoms with Gasteiger partial charge in [-0.25, -0.2) is 13.2 Å². The second kappa shape index (κ2) is 4.84. The second-order valence-electron chi connectivity index (χ2n) is 6.14. The summed E-state index contributed by atoms with van der Waals surface area (Å²) in [5.41, 5.74) is 3.01. The van der Waals surface area contributed by atoms with Gasteiger partial charge in [0.05, 0.1) is 17.4 Å². The molecule has 2 atom stereocenters. The Morgan fingerprint density at radius 2 is 1.91 bits per heavy atom. The lowest BCUT2D eigenvalue weighted by molar-refractivity contribution is 0.297. The average molecular weight is 307 g/mol. The molecule has 22 heavy (non-hydrogen) atoms. The highest BCUT2D eigenvalue weighted by Crippen LogP contribution is 2.39. The summed E-state index contributed by atoms with van der Waals surface area (Å²) in [6, 6.07) is 2.68. The Labute approximate surface area is 126 Å². The molecule has 3 nitrogen and oxygen atoms in total. The highest BCUT2D eigenvalue weighted by Gasteiger charge is 2.34. The molecule has 1 N–H and O–H groups in total. The Balaban J connectivity index is 1.89. The molecule has 2 aliphatic rings. The maximum absolute atomic E-state index is 13.6. The number of aryl methyl sites for hydroxylation is 1. The van der Waals surface area contributed by atoms with Crippen LogP contribution in [0.2, 0.25) is 0 Å². The third kappa shape index (κ3) is 1.97. The van der Waals surface area contributed by atoms with E-state index in [0.717, 1.165) is 49.1 Å². The fourth-order valence-corrected chi connectivity index (χ4v) is 3.77. The van der Waals surface area contributed by atoms with Gasteiger partial charge in [-0.1, -0.05) is 0 Å². The van der Waals surface area contributed by atoms with Crippen LogP contribution in [-0.4, -0.2) is 15.8 Å². The summed E-state index contributed by atoms with van der Waals surface area (Å²) in [5.74, 6) is -3.77. The van der Waals surface area contributed by atoms with E-state index >= 15 is 0 Å². The van der Waals surface area contributed by atoms with Crippen LogP contribution in [-0.2, 0) is 13.5 Å². The zero-order valence-corrected chi connectivity index (χ0v) is 12.2. The molecule has 116 valence electrons. The van der Waals surface area contributed by atoms with E-state index in [4.69, 9.17) is 0 Å². The topological polar surface area (TPSA) is 29.9 Å². The lowest BCUT2D eigenvalue weighted by Gasteiger charge is -2.35. The molecule has 0 aliphatic carbocycles. The van der Waals surface area contributed by atoms with Gasteiger partial charge >= 0.3 is 0 Å². The first-order valence-corrected chi connectivity index (χ1v) is 7.51. The Morgan fingerprint density at radius 3 is 2.64 bits per heavy atom. The van der Waals surface area contributed by atoms with E-state index < -0.39 is 17.5 Å². The van der Waals surface area contributed by atoms with Gasteiger partial charge in [0.1, 0.15) is 0 Å². The SMILES string of the molecule is Cn1nc2c(c1-c1cc(F)c(F)c(F)c1)CC1CCCC2N1. The van der Waals surface area contributed by atoms with Crippen LogP contribution in [0, 0.1) is 17.5 Å². The quantitative estimate of drug-likeness (QED) is 0.820. The highest BCUT2D eigenvalue weighted by atomic mass is 19.2. The third-order valence-electron chi connectivity index (χ3n) is 4.70. The van der Waals surface area contributed by atoms with Crippen molar-refractivity contribution in [2.24, 2.45) is 7.05 Å². The van der Waals surface area contributed by atoms with E-state index in [1.54, 1.807) is 11.7 Å². The van der Waals surface area contributed by atoms with Gasteiger partial charge in [-0.15, -0.1) is 0 Å². The van der Waals surface area contributed by atoms with Crippen molar-refractivity contribution in [1.82, 2.24) is 15.1 Å². The first-order valence-electron chi connectivity index (χ1n) is 7.51. The molecule has 4 rings (SSSR count). The number of fused-ring (bicyclic) bond motifs is 4. The van der Waals surface area contributed by atoms with Gasteiger partial charge < -0.3 is 5.32 Å². The Morgan fingerprint density at radius 1 is 1.18 bits per heavy atom. The van der Waals surface area contributed by atoms with Crippen molar-refractivity contribution in [2.75, 3.05) is 0 Å². The summed E-state index contributed by atoms with van der Waals surface area (Å²) in [5, 5.41) is 8.09. The van der Waals surface area contributed by atoms with Gasteiger partial charge in [-0.3, -0.25) is 4.68 Å². The van der Waals surface area contributed by atoms with Crippen molar-refractivity contribution >= 4 is 0 Å². The van der Waals surface area contributed by atoms with Gasteiger partial charge in [-0.05, 0) is 37.8 Å². The molecule has 2 bridgehead atoms. The molecule has 2 aliphatic heterocycles. The summed E-state index contributed by atoms with van der Waals surface area (Å²) < 4.78 is 42.0. The molecule has 0 saturated carbocycles. The number of nitrogens with one attached hydrogen (secondary N) is 1. The molecular weight excluding hydrogens is 291 g/mol. The summed E-state index contributed by atoms with van der Waals surface area (Å²) in [6.07, 6.45) is 4.06. The van der Waals surface area contributed by atoms with Gasteiger partial charge in [-0.2, -0.15) is 5.10 Å². The van der Waals surface area contributed by atoms with Crippen molar-refractivity contribution in [3.63, 3.8) is 0 Å². The molecule has 3 heterocycles. The van der Waals surface area contributed by atoms with E-state index in [1.165, 1.54) is 0 Å². The predicted octanol–water partition coefficient (Wildman–Crippen LogP) is 3.24. The summed E-state index contributed by atoms with van der Waals surface area (Å²) >= 11 is 0. The van der Waals surface area contributed by atoms with E-state index in [2.05, 4.69) is 10.4 Å². The van der Waals surface area contributed by atoms with Crippen molar-refractivity contribution in [3.05, 3.63) is 40.8 Å². The minimum absolute atomic E-state index is 0.206. The molecule has 2 aromatic rings. The number of halogens is 3. The fourth-order valence-electron chi connectivity index (χ4n) is 3.77. The lowest BCUT2D eigenvalue weighted by Crippen LogP contribution is -2.42.